The molecule has 0 aliphatic carbocycles. The molecule has 2 heteroatoms. The molecular formula is C10H9NO. The number of benzene rings is 1. The summed E-state index contributed by atoms with van der Waals surface area (Å²) in [6, 6.07) is 9.47. The van der Waals surface area contributed by atoms with Crippen LogP contribution in [-0.2, 0) is 4.84 Å². The average molecular weight is 159 g/mol. The molecule has 0 amide bonds. The summed E-state index contributed by atoms with van der Waals surface area (Å²) in [6.07, 6.45) is 4.80. The van der Waals surface area contributed by atoms with E-state index >= 15 is 0 Å². The summed E-state index contributed by atoms with van der Waals surface area (Å²) in [5, 5.41) is 3.29. The quantitative estimate of drug-likeness (QED) is 0.375. The van der Waals surface area contributed by atoms with Crippen LogP contribution in [0.1, 0.15) is 11.7 Å². The van der Waals surface area contributed by atoms with Crippen molar-refractivity contribution in [3.8, 4) is 12.3 Å². The van der Waals surface area contributed by atoms with Gasteiger partial charge in [0.25, 0.3) is 0 Å². The lowest BCUT2D eigenvalue weighted by Gasteiger charge is -2.07. The lowest BCUT2D eigenvalue weighted by Crippen LogP contribution is -1.96. The third kappa shape index (κ3) is 1.86. The molecule has 0 saturated heterocycles. The number of hydrogen-bond acceptors (Lipinski definition) is 2. The number of hydrogen-bond donors (Lipinski definition) is 0. The first-order valence-electron chi connectivity index (χ1n) is 3.51. The molecule has 1 rings (SSSR count). The van der Waals surface area contributed by atoms with Crippen LogP contribution in [0.2, 0.25) is 0 Å². The van der Waals surface area contributed by atoms with E-state index in [1.54, 1.807) is 0 Å². The van der Waals surface area contributed by atoms with Crippen molar-refractivity contribution < 1.29 is 4.84 Å². The zero-order chi connectivity index (χ0) is 8.81. The Labute approximate surface area is 71.9 Å². The van der Waals surface area contributed by atoms with E-state index in [9.17, 15) is 0 Å². The van der Waals surface area contributed by atoms with Crippen molar-refractivity contribution in [2.24, 2.45) is 5.16 Å². The van der Waals surface area contributed by atoms with E-state index in [1.165, 1.54) is 0 Å². The van der Waals surface area contributed by atoms with Crippen molar-refractivity contribution in [3.63, 3.8) is 0 Å². The molecule has 0 saturated carbocycles. The van der Waals surface area contributed by atoms with Crippen LogP contribution >= 0.6 is 0 Å². The third-order valence-corrected chi connectivity index (χ3v) is 1.43. The second kappa shape index (κ2) is 4.20. The molecule has 0 fully saturated rings. The van der Waals surface area contributed by atoms with E-state index in [4.69, 9.17) is 11.3 Å². The van der Waals surface area contributed by atoms with E-state index in [2.05, 4.69) is 17.8 Å². The standard InChI is InChI=1S/C10H9NO/c1-3-10(12-11-2)9-7-5-4-6-8-9/h1,4-8,10H,2H2/t10-/m1/s1. The maximum absolute atomic E-state index is 5.23. The van der Waals surface area contributed by atoms with Crippen molar-refractivity contribution in [3.05, 3.63) is 35.9 Å². The summed E-state index contributed by atoms with van der Waals surface area (Å²) in [6.45, 7) is 3.21. The van der Waals surface area contributed by atoms with E-state index < -0.39 is 6.10 Å². The summed E-state index contributed by atoms with van der Waals surface area (Å²) >= 11 is 0. The molecule has 0 spiro atoms. The van der Waals surface area contributed by atoms with Gasteiger partial charge < -0.3 is 4.84 Å². The summed E-state index contributed by atoms with van der Waals surface area (Å²) in [5.41, 5.74) is 0.910. The first kappa shape index (κ1) is 8.35. The van der Waals surface area contributed by atoms with Gasteiger partial charge in [-0.3, -0.25) is 0 Å². The van der Waals surface area contributed by atoms with Crippen LogP contribution in [0.4, 0.5) is 0 Å². The van der Waals surface area contributed by atoms with Gasteiger partial charge >= 0.3 is 0 Å². The van der Waals surface area contributed by atoms with Gasteiger partial charge in [0, 0.05) is 12.3 Å². The summed E-state index contributed by atoms with van der Waals surface area (Å²) in [7, 11) is 0. The molecule has 0 N–H and O–H groups in total. The fourth-order valence-electron chi connectivity index (χ4n) is 0.890. The fourth-order valence-corrected chi connectivity index (χ4v) is 0.890. The average Bonchev–Trinajstić information content (AvgIpc) is 2.15. The van der Waals surface area contributed by atoms with Crippen LogP contribution in [0, 0.1) is 12.3 Å². The van der Waals surface area contributed by atoms with Gasteiger partial charge in [-0.2, -0.15) is 0 Å². The minimum absolute atomic E-state index is 0.427. The molecule has 0 aliphatic rings. The Morgan fingerprint density at radius 2 is 2.08 bits per heavy atom. The highest BCUT2D eigenvalue weighted by molar-refractivity contribution is 5.25. The zero-order valence-electron chi connectivity index (χ0n) is 6.60. The maximum Gasteiger partial charge on any atom is 0.212 e. The normalized spacial score (nSPS) is 11.2. The smallest absolute Gasteiger partial charge is 0.212 e. The van der Waals surface area contributed by atoms with Crippen LogP contribution in [-0.4, -0.2) is 6.72 Å². The first-order valence-corrected chi connectivity index (χ1v) is 3.51. The Morgan fingerprint density at radius 1 is 1.42 bits per heavy atom. The van der Waals surface area contributed by atoms with Crippen LogP contribution in [0.5, 0.6) is 0 Å². The molecule has 1 atom stereocenters. The van der Waals surface area contributed by atoms with Crippen LogP contribution < -0.4 is 0 Å². The molecule has 0 unspecified atom stereocenters. The topological polar surface area (TPSA) is 21.6 Å². The Hall–Kier alpha value is -1.75. The highest BCUT2D eigenvalue weighted by atomic mass is 16.6. The molecule has 2 nitrogen and oxygen atoms in total. The largest absolute Gasteiger partial charge is 0.375 e. The highest BCUT2D eigenvalue weighted by Gasteiger charge is 2.06. The van der Waals surface area contributed by atoms with Crippen molar-refractivity contribution in [2.45, 2.75) is 6.10 Å². The molecule has 0 radical (unpaired) electrons. The van der Waals surface area contributed by atoms with Gasteiger partial charge in [0.1, 0.15) is 0 Å². The summed E-state index contributed by atoms with van der Waals surface area (Å²) < 4.78 is 0. The molecule has 60 valence electrons. The number of nitrogens with zero attached hydrogens (tertiary/aromatic N) is 1. The summed E-state index contributed by atoms with van der Waals surface area (Å²) in [4.78, 5) is 4.85. The predicted molar refractivity (Wildman–Crippen MR) is 48.7 cm³/mol. The van der Waals surface area contributed by atoms with Crippen molar-refractivity contribution in [1.29, 1.82) is 0 Å². The van der Waals surface area contributed by atoms with E-state index in [0.717, 1.165) is 5.56 Å². The molecule has 0 bridgehead atoms. The Balaban J connectivity index is 2.82. The van der Waals surface area contributed by atoms with Crippen LogP contribution in [0.3, 0.4) is 0 Å². The Kier molecular flexibility index (Phi) is 2.92. The van der Waals surface area contributed by atoms with E-state index in [-0.39, 0.29) is 0 Å². The summed E-state index contributed by atoms with van der Waals surface area (Å²) in [5.74, 6) is 2.46. The number of rotatable bonds is 3. The monoisotopic (exact) mass is 159 g/mol. The second-order valence-corrected chi connectivity index (χ2v) is 2.19. The van der Waals surface area contributed by atoms with Gasteiger partial charge in [0.15, 0.2) is 0 Å². The molecule has 0 heterocycles. The van der Waals surface area contributed by atoms with Gasteiger partial charge in [0.2, 0.25) is 6.10 Å². The third-order valence-electron chi connectivity index (χ3n) is 1.43. The molecule has 0 aliphatic heterocycles. The van der Waals surface area contributed by atoms with Crippen molar-refractivity contribution in [1.82, 2.24) is 0 Å². The lowest BCUT2D eigenvalue weighted by molar-refractivity contribution is 0.102. The molecule has 0 aromatic heterocycles. The maximum atomic E-state index is 5.23. The minimum Gasteiger partial charge on any atom is -0.375 e. The van der Waals surface area contributed by atoms with Gasteiger partial charge in [0.05, 0.1) is 0 Å². The molecule has 1 aromatic carbocycles. The molecule has 12 heavy (non-hydrogen) atoms. The lowest BCUT2D eigenvalue weighted by atomic mass is 10.1. The highest BCUT2D eigenvalue weighted by Crippen LogP contribution is 2.15. The van der Waals surface area contributed by atoms with Gasteiger partial charge in [-0.05, 0) is 0 Å². The van der Waals surface area contributed by atoms with Crippen LogP contribution in [0.15, 0.2) is 35.5 Å². The molecule has 1 aromatic rings. The molecular weight excluding hydrogens is 150 g/mol. The Bertz CT molecular complexity index is 286. The predicted octanol–water partition coefficient (Wildman–Crippen LogP) is 1.99. The van der Waals surface area contributed by atoms with Gasteiger partial charge in [-0.1, -0.05) is 36.3 Å². The number of terminal acetylenes is 1. The van der Waals surface area contributed by atoms with Crippen molar-refractivity contribution in [2.75, 3.05) is 0 Å². The van der Waals surface area contributed by atoms with E-state index in [0.29, 0.717) is 0 Å². The van der Waals surface area contributed by atoms with Crippen molar-refractivity contribution >= 4 is 6.72 Å². The zero-order valence-corrected chi connectivity index (χ0v) is 6.60. The van der Waals surface area contributed by atoms with Gasteiger partial charge in [-0.15, -0.1) is 11.6 Å². The van der Waals surface area contributed by atoms with E-state index in [1.807, 2.05) is 30.3 Å². The van der Waals surface area contributed by atoms with Crippen LogP contribution in [0.25, 0.3) is 0 Å². The number of oxime groups is 1. The first-order chi connectivity index (χ1) is 5.88. The SMILES string of the molecule is C#C[C@@H](ON=C)c1ccccc1. The fraction of sp³-hybridized carbons (Fsp3) is 0.100. The second-order valence-electron chi connectivity index (χ2n) is 2.19. The van der Waals surface area contributed by atoms with Gasteiger partial charge in [-0.25, -0.2) is 0 Å². The minimum atomic E-state index is -0.427. The Morgan fingerprint density at radius 3 is 2.58 bits per heavy atom.